The topological polar surface area (TPSA) is 43.7 Å². The highest BCUT2D eigenvalue weighted by molar-refractivity contribution is 4.89. The maximum absolute atomic E-state index is 10.3. The van der Waals surface area contributed by atoms with Crippen molar-refractivity contribution in [3.63, 3.8) is 0 Å². The Morgan fingerprint density at radius 3 is 2.65 bits per heavy atom. The van der Waals surface area contributed by atoms with Crippen molar-refractivity contribution in [1.82, 2.24) is 4.90 Å². The molecular weight excluding hydrogens is 214 g/mol. The number of rotatable bonds is 5. The summed E-state index contributed by atoms with van der Waals surface area (Å²) in [6.07, 6.45) is 3.86. The van der Waals surface area contributed by atoms with E-state index in [4.69, 9.17) is 0 Å². The number of aliphatic hydroxyl groups excluding tert-OH is 2. The molecule has 2 N–H and O–H groups in total. The van der Waals surface area contributed by atoms with Gasteiger partial charge in [-0.05, 0) is 44.6 Å². The van der Waals surface area contributed by atoms with Crippen LogP contribution in [0.4, 0.5) is 0 Å². The van der Waals surface area contributed by atoms with Crippen LogP contribution in [0.2, 0.25) is 0 Å². The van der Waals surface area contributed by atoms with E-state index in [1.165, 1.54) is 6.42 Å². The lowest BCUT2D eigenvalue weighted by atomic mass is 9.69. The van der Waals surface area contributed by atoms with E-state index < -0.39 is 0 Å². The maximum atomic E-state index is 10.3. The molecule has 0 radical (unpaired) electrons. The Morgan fingerprint density at radius 2 is 2.06 bits per heavy atom. The van der Waals surface area contributed by atoms with Gasteiger partial charge >= 0.3 is 0 Å². The zero-order valence-corrected chi connectivity index (χ0v) is 11.8. The number of nitrogens with zero attached hydrogens (tertiary/aromatic N) is 1. The molecule has 1 aliphatic rings. The zero-order chi connectivity index (χ0) is 13.1. The molecule has 3 atom stereocenters. The van der Waals surface area contributed by atoms with E-state index in [0.29, 0.717) is 5.92 Å². The fourth-order valence-corrected chi connectivity index (χ4v) is 2.85. The average molecular weight is 243 g/mol. The molecular formula is C14H29NO2. The summed E-state index contributed by atoms with van der Waals surface area (Å²) in [4.78, 5) is 2.24. The van der Waals surface area contributed by atoms with Crippen LogP contribution in [-0.4, -0.2) is 47.5 Å². The van der Waals surface area contributed by atoms with Crippen LogP contribution in [0, 0.1) is 11.3 Å². The second-order valence-electron chi connectivity index (χ2n) is 6.49. The van der Waals surface area contributed by atoms with Crippen LogP contribution >= 0.6 is 0 Å². The van der Waals surface area contributed by atoms with Crippen molar-refractivity contribution in [2.75, 3.05) is 20.1 Å². The highest BCUT2D eigenvalue weighted by Crippen LogP contribution is 2.39. The second-order valence-corrected chi connectivity index (χ2v) is 6.49. The third kappa shape index (κ3) is 4.57. The first kappa shape index (κ1) is 14.9. The monoisotopic (exact) mass is 243 g/mol. The lowest BCUT2D eigenvalue weighted by Gasteiger charge is -2.42. The predicted octanol–water partition coefficient (Wildman–Crippen LogP) is 1.88. The van der Waals surface area contributed by atoms with Crippen LogP contribution in [0.3, 0.4) is 0 Å². The van der Waals surface area contributed by atoms with Gasteiger partial charge in [0.2, 0.25) is 0 Å². The fraction of sp³-hybridized carbons (Fsp3) is 1.00. The Morgan fingerprint density at radius 1 is 1.41 bits per heavy atom. The van der Waals surface area contributed by atoms with Gasteiger partial charge in [-0.15, -0.1) is 0 Å². The molecule has 3 nitrogen and oxygen atoms in total. The molecule has 1 aliphatic carbocycles. The molecule has 0 aromatic heterocycles. The van der Waals surface area contributed by atoms with Gasteiger partial charge in [0.05, 0.1) is 12.2 Å². The van der Waals surface area contributed by atoms with Gasteiger partial charge in [-0.3, -0.25) is 0 Å². The van der Waals surface area contributed by atoms with Gasteiger partial charge in [0.25, 0.3) is 0 Å². The number of hydrogen-bond donors (Lipinski definition) is 2. The third-order valence-electron chi connectivity index (χ3n) is 4.12. The van der Waals surface area contributed by atoms with E-state index in [0.717, 1.165) is 32.4 Å². The third-order valence-corrected chi connectivity index (χ3v) is 4.12. The highest BCUT2D eigenvalue weighted by atomic mass is 16.3. The summed E-state index contributed by atoms with van der Waals surface area (Å²) in [5.74, 6) is 0.387. The van der Waals surface area contributed by atoms with Crippen LogP contribution in [0.25, 0.3) is 0 Å². The Hall–Kier alpha value is -0.120. The first-order chi connectivity index (χ1) is 7.83. The van der Waals surface area contributed by atoms with Gasteiger partial charge in [0.15, 0.2) is 0 Å². The summed E-state index contributed by atoms with van der Waals surface area (Å²) in [6, 6.07) is 0. The molecule has 0 saturated heterocycles. The lowest BCUT2D eigenvalue weighted by Crippen LogP contribution is -2.44. The molecule has 0 spiro atoms. The summed E-state index contributed by atoms with van der Waals surface area (Å²) < 4.78 is 0. The van der Waals surface area contributed by atoms with Crippen LogP contribution in [0.1, 0.15) is 46.5 Å². The summed E-state index contributed by atoms with van der Waals surface area (Å²) in [5.41, 5.74) is 0.0635. The molecule has 102 valence electrons. The largest absolute Gasteiger partial charge is 0.393 e. The van der Waals surface area contributed by atoms with Crippen LogP contribution in [0.5, 0.6) is 0 Å². The first-order valence-electron chi connectivity index (χ1n) is 6.87. The Labute approximate surface area is 106 Å². The van der Waals surface area contributed by atoms with E-state index in [-0.39, 0.29) is 17.6 Å². The van der Waals surface area contributed by atoms with Crippen molar-refractivity contribution >= 4 is 0 Å². The molecule has 3 heteroatoms. The van der Waals surface area contributed by atoms with Gasteiger partial charge in [0.1, 0.15) is 0 Å². The van der Waals surface area contributed by atoms with E-state index in [1.807, 2.05) is 6.92 Å². The van der Waals surface area contributed by atoms with Gasteiger partial charge < -0.3 is 15.1 Å². The van der Waals surface area contributed by atoms with Crippen LogP contribution in [-0.2, 0) is 0 Å². The molecule has 0 aromatic rings. The second kappa shape index (κ2) is 6.17. The molecule has 0 aliphatic heterocycles. The highest BCUT2D eigenvalue weighted by Gasteiger charge is 2.37. The Bertz CT molecular complexity index is 228. The maximum Gasteiger partial charge on any atom is 0.0631 e. The summed E-state index contributed by atoms with van der Waals surface area (Å²) in [5, 5.41) is 19.6. The number of aliphatic hydroxyl groups is 2. The fourth-order valence-electron chi connectivity index (χ4n) is 2.85. The van der Waals surface area contributed by atoms with Crippen molar-refractivity contribution in [3.8, 4) is 0 Å². The van der Waals surface area contributed by atoms with Gasteiger partial charge in [-0.2, -0.15) is 0 Å². The average Bonchev–Trinajstić information content (AvgIpc) is 2.22. The quantitative estimate of drug-likeness (QED) is 0.775. The van der Waals surface area contributed by atoms with Gasteiger partial charge in [-0.1, -0.05) is 20.3 Å². The molecule has 17 heavy (non-hydrogen) atoms. The van der Waals surface area contributed by atoms with E-state index >= 15 is 0 Å². The lowest BCUT2D eigenvalue weighted by molar-refractivity contribution is -0.0414. The van der Waals surface area contributed by atoms with Crippen LogP contribution in [0.15, 0.2) is 0 Å². The van der Waals surface area contributed by atoms with Gasteiger partial charge in [0, 0.05) is 13.1 Å². The van der Waals surface area contributed by atoms with Crippen molar-refractivity contribution in [1.29, 1.82) is 0 Å². The minimum atomic E-state index is -0.231. The SMILES string of the molecule is CC(O)CCN(C)CC1CCCC(C)(C)C1O. The molecule has 1 rings (SSSR count). The summed E-state index contributed by atoms with van der Waals surface area (Å²) in [7, 11) is 2.08. The van der Waals surface area contributed by atoms with Crippen LogP contribution < -0.4 is 0 Å². The summed E-state index contributed by atoms with van der Waals surface area (Å²) >= 11 is 0. The molecule has 1 fully saturated rings. The molecule has 0 aromatic carbocycles. The smallest absolute Gasteiger partial charge is 0.0631 e. The van der Waals surface area contributed by atoms with Crippen molar-refractivity contribution in [3.05, 3.63) is 0 Å². The van der Waals surface area contributed by atoms with Gasteiger partial charge in [-0.25, -0.2) is 0 Å². The Kier molecular flexibility index (Phi) is 5.42. The standard InChI is InChI=1S/C14H29NO2/c1-11(16)7-9-15(4)10-12-6-5-8-14(2,3)13(12)17/h11-13,16-17H,5-10H2,1-4H3. The Balaban J connectivity index is 2.39. The summed E-state index contributed by atoms with van der Waals surface area (Å²) in [6.45, 7) is 8.00. The molecule has 0 amide bonds. The first-order valence-corrected chi connectivity index (χ1v) is 6.87. The minimum Gasteiger partial charge on any atom is -0.393 e. The van der Waals surface area contributed by atoms with Crippen molar-refractivity contribution in [2.45, 2.75) is 58.7 Å². The predicted molar refractivity (Wildman–Crippen MR) is 70.9 cm³/mol. The number of hydrogen-bond acceptors (Lipinski definition) is 3. The van der Waals surface area contributed by atoms with E-state index in [1.54, 1.807) is 0 Å². The molecule has 0 heterocycles. The molecule has 1 saturated carbocycles. The molecule has 0 bridgehead atoms. The van der Waals surface area contributed by atoms with E-state index in [9.17, 15) is 10.2 Å². The normalized spacial score (nSPS) is 30.5. The van der Waals surface area contributed by atoms with E-state index in [2.05, 4.69) is 25.8 Å². The zero-order valence-electron chi connectivity index (χ0n) is 11.8. The van der Waals surface area contributed by atoms with Crippen molar-refractivity contribution in [2.24, 2.45) is 11.3 Å². The van der Waals surface area contributed by atoms with Crippen molar-refractivity contribution < 1.29 is 10.2 Å². The molecule has 3 unspecified atom stereocenters. The minimum absolute atomic E-state index is 0.0635.